The highest BCUT2D eigenvalue weighted by Crippen LogP contribution is 2.37. The van der Waals surface area contributed by atoms with Crippen LogP contribution in [0, 0.1) is 5.82 Å². The SMILES string of the molecule is CN1Cc2c(ccc(-c3ccncn3)c2F)C(c2ccc3[nH]ccc3c2)C1. The Labute approximate surface area is 156 Å². The first kappa shape index (κ1) is 16.1. The fourth-order valence-electron chi connectivity index (χ4n) is 4.09. The van der Waals surface area contributed by atoms with Crippen LogP contribution in [0.15, 0.2) is 61.2 Å². The van der Waals surface area contributed by atoms with E-state index < -0.39 is 0 Å². The van der Waals surface area contributed by atoms with Crippen LogP contribution >= 0.6 is 0 Å². The number of H-pyrrole nitrogens is 1. The van der Waals surface area contributed by atoms with Crippen molar-refractivity contribution in [2.45, 2.75) is 12.5 Å². The first-order chi connectivity index (χ1) is 13.2. The molecule has 3 heterocycles. The third-order valence-corrected chi connectivity index (χ3v) is 5.41. The summed E-state index contributed by atoms with van der Waals surface area (Å²) in [6.07, 6.45) is 5.04. The molecule has 0 saturated heterocycles. The molecule has 0 amide bonds. The summed E-state index contributed by atoms with van der Waals surface area (Å²) in [4.78, 5) is 13.6. The molecule has 2 aromatic heterocycles. The number of nitrogens with zero attached hydrogens (tertiary/aromatic N) is 3. The maximum Gasteiger partial charge on any atom is 0.137 e. The van der Waals surface area contributed by atoms with Crippen molar-refractivity contribution in [2.75, 3.05) is 13.6 Å². The zero-order chi connectivity index (χ0) is 18.4. The number of hydrogen-bond acceptors (Lipinski definition) is 3. The van der Waals surface area contributed by atoms with Gasteiger partial charge in [0.15, 0.2) is 0 Å². The number of likely N-dealkylation sites (N-methyl/N-ethyl adjacent to an activating group) is 1. The molecule has 4 nitrogen and oxygen atoms in total. The second kappa shape index (κ2) is 6.28. The predicted molar refractivity (Wildman–Crippen MR) is 104 cm³/mol. The average molecular weight is 358 g/mol. The molecule has 0 aliphatic carbocycles. The second-order valence-electron chi connectivity index (χ2n) is 7.16. The number of halogens is 1. The third-order valence-electron chi connectivity index (χ3n) is 5.41. The molecule has 134 valence electrons. The number of fused-ring (bicyclic) bond motifs is 2. The lowest BCUT2D eigenvalue weighted by atomic mass is 9.83. The molecule has 4 aromatic rings. The van der Waals surface area contributed by atoms with E-state index in [4.69, 9.17) is 0 Å². The van der Waals surface area contributed by atoms with E-state index in [0.29, 0.717) is 17.8 Å². The maximum atomic E-state index is 15.4. The summed E-state index contributed by atoms with van der Waals surface area (Å²) in [6, 6.07) is 14.2. The molecule has 1 aliphatic heterocycles. The van der Waals surface area contributed by atoms with Crippen molar-refractivity contribution in [1.82, 2.24) is 19.9 Å². The minimum absolute atomic E-state index is 0.145. The fraction of sp³-hybridized carbons (Fsp3) is 0.182. The number of rotatable bonds is 2. The van der Waals surface area contributed by atoms with Crippen molar-refractivity contribution in [3.05, 3.63) is 83.7 Å². The van der Waals surface area contributed by atoms with Crippen LogP contribution in [0.25, 0.3) is 22.2 Å². The van der Waals surface area contributed by atoms with Crippen molar-refractivity contribution in [2.24, 2.45) is 0 Å². The van der Waals surface area contributed by atoms with Gasteiger partial charge in [0.1, 0.15) is 12.1 Å². The molecule has 0 fully saturated rings. The molecule has 0 saturated carbocycles. The summed E-state index contributed by atoms with van der Waals surface area (Å²) in [5.41, 5.74) is 5.31. The van der Waals surface area contributed by atoms with Crippen LogP contribution in [-0.2, 0) is 6.54 Å². The van der Waals surface area contributed by atoms with Gasteiger partial charge < -0.3 is 9.88 Å². The zero-order valence-electron chi connectivity index (χ0n) is 15.0. The summed E-state index contributed by atoms with van der Waals surface area (Å²) >= 11 is 0. The van der Waals surface area contributed by atoms with Gasteiger partial charge in [-0.15, -0.1) is 0 Å². The molecule has 5 rings (SSSR count). The van der Waals surface area contributed by atoms with E-state index in [2.05, 4.69) is 50.2 Å². The van der Waals surface area contributed by atoms with Gasteiger partial charge in [-0.2, -0.15) is 0 Å². The quantitative estimate of drug-likeness (QED) is 0.580. The van der Waals surface area contributed by atoms with E-state index >= 15 is 4.39 Å². The summed E-state index contributed by atoms with van der Waals surface area (Å²) in [5.74, 6) is -0.0301. The Morgan fingerprint density at radius 1 is 1.15 bits per heavy atom. The maximum absolute atomic E-state index is 15.4. The highest BCUT2D eigenvalue weighted by atomic mass is 19.1. The normalized spacial score (nSPS) is 17.2. The smallest absolute Gasteiger partial charge is 0.137 e. The fourth-order valence-corrected chi connectivity index (χ4v) is 4.09. The number of nitrogens with one attached hydrogen (secondary N) is 1. The lowest BCUT2D eigenvalue weighted by molar-refractivity contribution is 0.289. The molecule has 2 aromatic carbocycles. The molecule has 0 spiro atoms. The Kier molecular flexibility index (Phi) is 3.76. The van der Waals surface area contributed by atoms with E-state index in [-0.39, 0.29) is 11.7 Å². The second-order valence-corrected chi connectivity index (χ2v) is 7.16. The Balaban J connectivity index is 1.64. The topological polar surface area (TPSA) is 44.8 Å². The van der Waals surface area contributed by atoms with E-state index in [9.17, 15) is 0 Å². The Morgan fingerprint density at radius 3 is 2.93 bits per heavy atom. The van der Waals surface area contributed by atoms with E-state index in [1.807, 2.05) is 19.3 Å². The Hall–Kier alpha value is -3.05. The number of benzene rings is 2. The largest absolute Gasteiger partial charge is 0.361 e. The first-order valence-corrected chi connectivity index (χ1v) is 9.04. The van der Waals surface area contributed by atoms with Crippen LogP contribution in [0.2, 0.25) is 0 Å². The van der Waals surface area contributed by atoms with Crippen molar-refractivity contribution in [3.63, 3.8) is 0 Å². The van der Waals surface area contributed by atoms with Crippen LogP contribution in [-0.4, -0.2) is 33.4 Å². The van der Waals surface area contributed by atoms with Gasteiger partial charge in [0.2, 0.25) is 0 Å². The molecular weight excluding hydrogens is 339 g/mol. The molecule has 1 N–H and O–H groups in total. The monoisotopic (exact) mass is 358 g/mol. The minimum Gasteiger partial charge on any atom is -0.361 e. The molecule has 0 radical (unpaired) electrons. The molecule has 5 heteroatoms. The van der Waals surface area contributed by atoms with E-state index in [0.717, 1.165) is 23.2 Å². The van der Waals surface area contributed by atoms with Crippen molar-refractivity contribution < 1.29 is 4.39 Å². The lowest BCUT2D eigenvalue weighted by Crippen LogP contribution is -2.31. The Morgan fingerprint density at radius 2 is 2.07 bits per heavy atom. The number of hydrogen-bond donors (Lipinski definition) is 1. The van der Waals surface area contributed by atoms with Gasteiger partial charge in [-0.1, -0.05) is 12.1 Å². The third kappa shape index (κ3) is 2.71. The van der Waals surface area contributed by atoms with Gasteiger partial charge in [-0.25, -0.2) is 14.4 Å². The van der Waals surface area contributed by atoms with Gasteiger partial charge in [0.25, 0.3) is 0 Å². The van der Waals surface area contributed by atoms with Crippen molar-refractivity contribution in [1.29, 1.82) is 0 Å². The summed E-state index contributed by atoms with van der Waals surface area (Å²) in [6.45, 7) is 1.47. The van der Waals surface area contributed by atoms with Crippen LogP contribution in [0.4, 0.5) is 4.39 Å². The number of aromatic nitrogens is 3. The van der Waals surface area contributed by atoms with Crippen LogP contribution in [0.5, 0.6) is 0 Å². The average Bonchev–Trinajstić information content (AvgIpc) is 3.17. The highest BCUT2D eigenvalue weighted by molar-refractivity contribution is 5.80. The molecule has 1 aliphatic rings. The molecule has 27 heavy (non-hydrogen) atoms. The van der Waals surface area contributed by atoms with Crippen molar-refractivity contribution in [3.8, 4) is 11.3 Å². The minimum atomic E-state index is -0.175. The highest BCUT2D eigenvalue weighted by Gasteiger charge is 2.28. The first-order valence-electron chi connectivity index (χ1n) is 9.04. The van der Waals surface area contributed by atoms with Gasteiger partial charge in [-0.05, 0) is 53.9 Å². The molecule has 0 bridgehead atoms. The van der Waals surface area contributed by atoms with Gasteiger partial charge >= 0.3 is 0 Å². The number of aromatic amines is 1. The van der Waals surface area contributed by atoms with Gasteiger partial charge in [0, 0.05) is 48.0 Å². The van der Waals surface area contributed by atoms with Crippen LogP contribution in [0.3, 0.4) is 0 Å². The Bertz CT molecular complexity index is 1120. The van der Waals surface area contributed by atoms with Gasteiger partial charge in [-0.3, -0.25) is 0 Å². The van der Waals surface area contributed by atoms with Gasteiger partial charge in [0.05, 0.1) is 5.69 Å². The standard InChI is InChI=1S/C22H19FN4/c1-27-11-18(14-2-5-20-15(10-14)6-9-25-20)16-3-4-17(22(23)19(16)12-27)21-7-8-24-13-26-21/h2-10,13,18,25H,11-12H2,1H3. The molecule has 1 atom stereocenters. The zero-order valence-corrected chi connectivity index (χ0v) is 15.0. The summed E-state index contributed by atoms with van der Waals surface area (Å²) in [5, 5.41) is 1.18. The summed E-state index contributed by atoms with van der Waals surface area (Å²) < 4.78 is 15.4. The van der Waals surface area contributed by atoms with Crippen LogP contribution < -0.4 is 0 Å². The molecular formula is C22H19FN4. The predicted octanol–water partition coefficient (Wildman–Crippen LogP) is 4.34. The van der Waals surface area contributed by atoms with E-state index in [1.165, 1.54) is 17.3 Å². The molecule has 1 unspecified atom stereocenters. The van der Waals surface area contributed by atoms with Crippen LogP contribution in [0.1, 0.15) is 22.6 Å². The van der Waals surface area contributed by atoms with Crippen molar-refractivity contribution >= 4 is 10.9 Å². The lowest BCUT2D eigenvalue weighted by Gasteiger charge is -2.33. The van der Waals surface area contributed by atoms with E-state index in [1.54, 1.807) is 12.3 Å². The summed E-state index contributed by atoms with van der Waals surface area (Å²) in [7, 11) is 2.04.